The Bertz CT molecular complexity index is 1260. The average Bonchev–Trinajstić information content (AvgIpc) is 3.35. The largest absolute Gasteiger partial charge is 0.345 e. The predicted octanol–water partition coefficient (Wildman–Crippen LogP) is 2.49. The standard InChI is InChI=1S/C21H22N8OS/c1-27(2)15-11-29(12-15)21-23-9-18(31-21)20(30)26-19-6-17-13(7-22-19)4-5-16(25-17)14-8-24-28(3)10-14/h4-10,15H,11-12H2,1-3H3,(H,22,26,30). The SMILES string of the molecule is CN(C)C1CN(c2ncc(C(=O)Nc3cc4nc(-c5cnn(C)c5)ccc4cn3)s2)C1. The quantitative estimate of drug-likeness (QED) is 0.516. The van der Waals surface area contributed by atoms with Crippen LogP contribution >= 0.6 is 11.3 Å². The van der Waals surface area contributed by atoms with E-state index in [4.69, 9.17) is 4.98 Å². The Balaban J connectivity index is 1.31. The number of amides is 1. The number of likely N-dealkylation sites (N-methyl/N-ethyl adjacent to an activating group) is 1. The fraction of sp³-hybridized carbons (Fsp3) is 0.286. The van der Waals surface area contributed by atoms with Gasteiger partial charge in [0.25, 0.3) is 5.91 Å². The number of aryl methyl sites for hydroxylation is 1. The normalized spacial score (nSPS) is 14.3. The lowest BCUT2D eigenvalue weighted by molar-refractivity contribution is 0.103. The van der Waals surface area contributed by atoms with Gasteiger partial charge in [-0.05, 0) is 26.2 Å². The summed E-state index contributed by atoms with van der Waals surface area (Å²) in [5.74, 6) is 0.239. The minimum atomic E-state index is -0.219. The predicted molar refractivity (Wildman–Crippen MR) is 121 cm³/mol. The third-order valence-corrected chi connectivity index (χ3v) is 6.45. The third kappa shape index (κ3) is 3.87. The maximum absolute atomic E-state index is 12.7. The highest BCUT2D eigenvalue weighted by atomic mass is 32.1. The number of hydrogen-bond donors (Lipinski definition) is 1. The molecule has 0 aromatic carbocycles. The number of nitrogens with zero attached hydrogens (tertiary/aromatic N) is 7. The zero-order chi connectivity index (χ0) is 21.5. The van der Waals surface area contributed by atoms with Crippen LogP contribution in [0.15, 0.2) is 43.0 Å². The second-order valence-corrected chi connectivity index (χ2v) is 8.85. The summed E-state index contributed by atoms with van der Waals surface area (Å²) in [7, 11) is 6.03. The van der Waals surface area contributed by atoms with E-state index in [1.807, 2.05) is 25.4 Å². The van der Waals surface area contributed by atoms with Gasteiger partial charge in [-0.2, -0.15) is 5.10 Å². The summed E-state index contributed by atoms with van der Waals surface area (Å²) in [5.41, 5.74) is 2.51. The first-order valence-corrected chi connectivity index (χ1v) is 10.7. The van der Waals surface area contributed by atoms with Crippen LogP contribution in [-0.4, -0.2) is 68.8 Å². The Morgan fingerprint density at radius 3 is 2.77 bits per heavy atom. The summed E-state index contributed by atoms with van der Waals surface area (Å²) >= 11 is 1.40. The van der Waals surface area contributed by atoms with E-state index in [0.29, 0.717) is 16.7 Å². The molecule has 31 heavy (non-hydrogen) atoms. The molecule has 1 N–H and O–H groups in total. The molecule has 0 bridgehead atoms. The van der Waals surface area contributed by atoms with Gasteiger partial charge in [-0.15, -0.1) is 0 Å². The molecule has 1 fully saturated rings. The number of carbonyl (C=O) groups is 1. The molecule has 1 saturated heterocycles. The van der Waals surface area contributed by atoms with E-state index in [0.717, 1.165) is 40.4 Å². The minimum absolute atomic E-state index is 0.219. The Morgan fingerprint density at radius 2 is 2.03 bits per heavy atom. The highest BCUT2D eigenvalue weighted by molar-refractivity contribution is 7.17. The van der Waals surface area contributed by atoms with Crippen molar-refractivity contribution < 1.29 is 4.79 Å². The van der Waals surface area contributed by atoms with Gasteiger partial charge in [0.15, 0.2) is 5.13 Å². The van der Waals surface area contributed by atoms with Crippen molar-refractivity contribution in [3.63, 3.8) is 0 Å². The van der Waals surface area contributed by atoms with Gasteiger partial charge < -0.3 is 15.1 Å². The van der Waals surface area contributed by atoms with Crippen LogP contribution in [0.1, 0.15) is 9.67 Å². The molecule has 4 aromatic heterocycles. The molecule has 0 aliphatic carbocycles. The summed E-state index contributed by atoms with van der Waals surface area (Å²) in [6, 6.07) is 6.22. The summed E-state index contributed by atoms with van der Waals surface area (Å²) in [5, 5.41) is 8.84. The lowest BCUT2D eigenvalue weighted by Gasteiger charge is -2.42. The van der Waals surface area contributed by atoms with Gasteiger partial charge in [-0.25, -0.2) is 15.0 Å². The molecule has 10 heteroatoms. The fourth-order valence-electron chi connectivity index (χ4n) is 3.43. The number of nitrogens with one attached hydrogen (secondary N) is 1. The Morgan fingerprint density at radius 1 is 1.19 bits per heavy atom. The minimum Gasteiger partial charge on any atom is -0.345 e. The van der Waals surface area contributed by atoms with Crippen molar-refractivity contribution in [2.24, 2.45) is 7.05 Å². The molecule has 0 unspecified atom stereocenters. The number of anilines is 2. The highest BCUT2D eigenvalue weighted by Crippen LogP contribution is 2.28. The van der Waals surface area contributed by atoms with Crippen molar-refractivity contribution in [1.82, 2.24) is 29.6 Å². The fourth-order valence-corrected chi connectivity index (χ4v) is 4.26. The number of rotatable bonds is 5. The molecule has 0 radical (unpaired) electrons. The number of aromatic nitrogens is 5. The van der Waals surface area contributed by atoms with Gasteiger partial charge in [0.2, 0.25) is 0 Å². The lowest BCUT2D eigenvalue weighted by Crippen LogP contribution is -2.57. The number of hydrogen-bond acceptors (Lipinski definition) is 8. The van der Waals surface area contributed by atoms with E-state index < -0.39 is 0 Å². The van der Waals surface area contributed by atoms with Gasteiger partial charge in [0.05, 0.1) is 23.6 Å². The van der Waals surface area contributed by atoms with Crippen LogP contribution < -0.4 is 10.2 Å². The van der Waals surface area contributed by atoms with Crippen LogP contribution in [-0.2, 0) is 7.05 Å². The number of carbonyl (C=O) groups excluding carboxylic acids is 1. The molecule has 9 nitrogen and oxygen atoms in total. The average molecular weight is 435 g/mol. The summed E-state index contributed by atoms with van der Waals surface area (Å²) in [6.07, 6.45) is 7.03. The van der Waals surface area contributed by atoms with Crippen LogP contribution in [0.4, 0.5) is 10.9 Å². The number of fused-ring (bicyclic) bond motifs is 1. The van der Waals surface area contributed by atoms with E-state index in [-0.39, 0.29) is 5.91 Å². The van der Waals surface area contributed by atoms with E-state index in [1.165, 1.54) is 11.3 Å². The molecule has 0 spiro atoms. The lowest BCUT2D eigenvalue weighted by atomic mass is 10.1. The molecule has 0 saturated carbocycles. The van der Waals surface area contributed by atoms with Crippen molar-refractivity contribution in [2.45, 2.75) is 6.04 Å². The molecule has 1 amide bonds. The molecule has 1 aliphatic rings. The van der Waals surface area contributed by atoms with Gasteiger partial charge >= 0.3 is 0 Å². The van der Waals surface area contributed by atoms with E-state index in [1.54, 1.807) is 29.3 Å². The Labute approximate surface area is 183 Å². The molecule has 5 heterocycles. The summed E-state index contributed by atoms with van der Waals surface area (Å²) in [6.45, 7) is 1.86. The van der Waals surface area contributed by atoms with E-state index in [9.17, 15) is 4.79 Å². The maximum atomic E-state index is 12.7. The zero-order valence-corrected chi connectivity index (χ0v) is 18.3. The number of pyridine rings is 2. The highest BCUT2D eigenvalue weighted by Gasteiger charge is 2.30. The van der Waals surface area contributed by atoms with Crippen LogP contribution in [0.25, 0.3) is 22.2 Å². The van der Waals surface area contributed by atoms with Crippen molar-refractivity contribution in [3.8, 4) is 11.3 Å². The molecular formula is C21H22N8OS. The van der Waals surface area contributed by atoms with Gasteiger partial charge in [-0.3, -0.25) is 9.48 Å². The molecule has 0 atom stereocenters. The smallest absolute Gasteiger partial charge is 0.268 e. The first kappa shape index (κ1) is 19.6. The van der Waals surface area contributed by atoms with Crippen molar-refractivity contribution in [3.05, 3.63) is 47.9 Å². The Kier molecular flexibility index (Phi) is 4.87. The van der Waals surface area contributed by atoms with Crippen molar-refractivity contribution in [1.29, 1.82) is 0 Å². The molecular weight excluding hydrogens is 412 g/mol. The molecule has 158 valence electrons. The zero-order valence-electron chi connectivity index (χ0n) is 17.5. The van der Waals surface area contributed by atoms with Gasteiger partial charge in [0, 0.05) is 55.6 Å². The second-order valence-electron chi connectivity index (χ2n) is 7.85. The molecule has 5 rings (SSSR count). The topological polar surface area (TPSA) is 92.1 Å². The first-order valence-electron chi connectivity index (χ1n) is 9.90. The van der Waals surface area contributed by atoms with E-state index >= 15 is 0 Å². The van der Waals surface area contributed by atoms with Crippen LogP contribution in [0.5, 0.6) is 0 Å². The van der Waals surface area contributed by atoms with Crippen molar-refractivity contribution in [2.75, 3.05) is 37.4 Å². The molecule has 1 aliphatic heterocycles. The van der Waals surface area contributed by atoms with E-state index in [2.05, 4.69) is 44.3 Å². The van der Waals surface area contributed by atoms with Gasteiger partial charge in [0.1, 0.15) is 10.7 Å². The van der Waals surface area contributed by atoms with Crippen molar-refractivity contribution >= 4 is 39.1 Å². The summed E-state index contributed by atoms with van der Waals surface area (Å²) < 4.78 is 1.74. The first-order chi connectivity index (χ1) is 15.0. The summed E-state index contributed by atoms with van der Waals surface area (Å²) in [4.78, 5) is 31.1. The van der Waals surface area contributed by atoms with Gasteiger partial charge in [-0.1, -0.05) is 11.3 Å². The third-order valence-electron chi connectivity index (χ3n) is 5.40. The molecule has 4 aromatic rings. The second kappa shape index (κ2) is 7.71. The monoisotopic (exact) mass is 434 g/mol. The van der Waals surface area contributed by atoms with Crippen LogP contribution in [0.2, 0.25) is 0 Å². The Hall–Kier alpha value is -3.37. The number of thiazole rings is 1. The van der Waals surface area contributed by atoms with Crippen LogP contribution in [0.3, 0.4) is 0 Å². The maximum Gasteiger partial charge on any atom is 0.268 e. The van der Waals surface area contributed by atoms with Crippen LogP contribution in [0, 0.1) is 0 Å².